The van der Waals surface area contributed by atoms with E-state index in [0.29, 0.717) is 12.6 Å². The third kappa shape index (κ3) is 4.60. The molecule has 21 heavy (non-hydrogen) atoms. The molecule has 1 aromatic heterocycles. The van der Waals surface area contributed by atoms with Crippen LogP contribution in [0.3, 0.4) is 0 Å². The van der Waals surface area contributed by atoms with Gasteiger partial charge < -0.3 is 10.1 Å². The molecule has 1 heterocycles. The highest BCUT2D eigenvalue weighted by Crippen LogP contribution is 2.16. The van der Waals surface area contributed by atoms with Crippen molar-refractivity contribution >= 4 is 0 Å². The lowest BCUT2D eigenvalue weighted by Gasteiger charge is -2.10. The Balaban J connectivity index is 1.95. The standard InChI is InChI=1S/C17H25N3O/c1-4-18-10-9-15-7-5-6-8-16(15)13-21-17-11-19-20(12-17)14(2)3/h5-8,11-12,14,18H,4,9-10,13H2,1-3H3. The molecule has 2 rings (SSSR count). The quantitative estimate of drug-likeness (QED) is 0.758. The van der Waals surface area contributed by atoms with E-state index in [1.165, 1.54) is 11.1 Å². The van der Waals surface area contributed by atoms with Gasteiger partial charge in [-0.05, 0) is 44.5 Å². The molecule has 114 valence electrons. The predicted molar refractivity (Wildman–Crippen MR) is 85.6 cm³/mol. The van der Waals surface area contributed by atoms with E-state index in [4.69, 9.17) is 4.74 Å². The van der Waals surface area contributed by atoms with E-state index in [2.05, 4.69) is 55.5 Å². The molecule has 1 N–H and O–H groups in total. The summed E-state index contributed by atoms with van der Waals surface area (Å²) in [5, 5.41) is 7.65. The van der Waals surface area contributed by atoms with Crippen molar-refractivity contribution in [3.05, 3.63) is 47.8 Å². The monoisotopic (exact) mass is 287 g/mol. The van der Waals surface area contributed by atoms with E-state index in [9.17, 15) is 0 Å². The largest absolute Gasteiger partial charge is 0.486 e. The van der Waals surface area contributed by atoms with Crippen LogP contribution in [0.2, 0.25) is 0 Å². The molecule has 0 unspecified atom stereocenters. The molecule has 0 saturated carbocycles. The molecule has 0 aliphatic carbocycles. The molecule has 0 fully saturated rings. The predicted octanol–water partition coefficient (Wildman–Crippen LogP) is 3.20. The van der Waals surface area contributed by atoms with Crippen LogP contribution in [0.4, 0.5) is 0 Å². The van der Waals surface area contributed by atoms with Crippen molar-refractivity contribution in [2.45, 2.75) is 39.8 Å². The Kier molecular flexibility index (Phi) is 5.81. The molecule has 0 saturated heterocycles. The summed E-state index contributed by atoms with van der Waals surface area (Å²) in [6.45, 7) is 8.93. The summed E-state index contributed by atoms with van der Waals surface area (Å²) in [4.78, 5) is 0. The lowest BCUT2D eigenvalue weighted by atomic mass is 10.1. The molecule has 0 radical (unpaired) electrons. The van der Waals surface area contributed by atoms with Crippen molar-refractivity contribution in [1.82, 2.24) is 15.1 Å². The van der Waals surface area contributed by atoms with Crippen LogP contribution in [0.15, 0.2) is 36.7 Å². The Morgan fingerprint density at radius 1 is 1.24 bits per heavy atom. The molecule has 0 atom stereocenters. The minimum atomic E-state index is 0.356. The van der Waals surface area contributed by atoms with Gasteiger partial charge in [0.2, 0.25) is 0 Å². The number of ether oxygens (including phenoxy) is 1. The minimum Gasteiger partial charge on any atom is -0.486 e. The third-order valence-corrected chi connectivity index (χ3v) is 3.44. The lowest BCUT2D eigenvalue weighted by Crippen LogP contribution is -2.17. The highest BCUT2D eigenvalue weighted by Gasteiger charge is 2.05. The number of hydrogen-bond acceptors (Lipinski definition) is 3. The second-order valence-electron chi connectivity index (χ2n) is 5.41. The van der Waals surface area contributed by atoms with Crippen LogP contribution in [0, 0.1) is 0 Å². The Bertz CT molecular complexity index is 548. The first-order chi connectivity index (χ1) is 10.2. The summed E-state index contributed by atoms with van der Waals surface area (Å²) < 4.78 is 7.78. The fourth-order valence-electron chi connectivity index (χ4n) is 2.18. The summed E-state index contributed by atoms with van der Waals surface area (Å²) in [5.41, 5.74) is 2.59. The number of likely N-dealkylation sites (N-methyl/N-ethyl adjacent to an activating group) is 1. The van der Waals surface area contributed by atoms with Crippen LogP contribution in [0.1, 0.15) is 37.9 Å². The smallest absolute Gasteiger partial charge is 0.157 e. The summed E-state index contributed by atoms with van der Waals surface area (Å²) >= 11 is 0. The van der Waals surface area contributed by atoms with E-state index < -0.39 is 0 Å². The van der Waals surface area contributed by atoms with Crippen LogP contribution >= 0.6 is 0 Å². The van der Waals surface area contributed by atoms with Crippen LogP contribution in [-0.2, 0) is 13.0 Å². The molecule has 0 amide bonds. The van der Waals surface area contributed by atoms with Crippen molar-refractivity contribution in [3.63, 3.8) is 0 Å². The van der Waals surface area contributed by atoms with E-state index in [1.54, 1.807) is 6.20 Å². The molecule has 0 aliphatic heterocycles. The highest BCUT2D eigenvalue weighted by molar-refractivity contribution is 5.27. The van der Waals surface area contributed by atoms with Gasteiger partial charge in [-0.1, -0.05) is 31.2 Å². The summed E-state index contributed by atoms with van der Waals surface area (Å²) in [6, 6.07) is 8.81. The summed E-state index contributed by atoms with van der Waals surface area (Å²) in [6.07, 6.45) is 4.76. The fourth-order valence-corrected chi connectivity index (χ4v) is 2.18. The van der Waals surface area contributed by atoms with Crippen molar-refractivity contribution in [1.29, 1.82) is 0 Å². The van der Waals surface area contributed by atoms with Gasteiger partial charge >= 0.3 is 0 Å². The van der Waals surface area contributed by atoms with Gasteiger partial charge in [-0.2, -0.15) is 5.10 Å². The van der Waals surface area contributed by atoms with Gasteiger partial charge in [0.25, 0.3) is 0 Å². The number of benzene rings is 1. The first-order valence-electron chi connectivity index (χ1n) is 7.65. The van der Waals surface area contributed by atoms with Crippen LogP contribution in [0.5, 0.6) is 5.75 Å². The average Bonchev–Trinajstić information content (AvgIpc) is 2.96. The van der Waals surface area contributed by atoms with Crippen molar-refractivity contribution in [3.8, 4) is 5.75 Å². The zero-order valence-corrected chi connectivity index (χ0v) is 13.2. The number of nitrogens with one attached hydrogen (secondary N) is 1. The first kappa shape index (κ1) is 15.6. The van der Waals surface area contributed by atoms with Gasteiger partial charge in [0.15, 0.2) is 5.75 Å². The van der Waals surface area contributed by atoms with E-state index in [0.717, 1.165) is 25.3 Å². The number of rotatable bonds is 8. The van der Waals surface area contributed by atoms with E-state index >= 15 is 0 Å². The van der Waals surface area contributed by atoms with Crippen LogP contribution < -0.4 is 10.1 Å². The second kappa shape index (κ2) is 7.84. The number of aromatic nitrogens is 2. The van der Waals surface area contributed by atoms with Gasteiger partial charge in [-0.15, -0.1) is 0 Å². The van der Waals surface area contributed by atoms with Crippen LogP contribution in [-0.4, -0.2) is 22.9 Å². The van der Waals surface area contributed by atoms with Crippen molar-refractivity contribution in [2.75, 3.05) is 13.1 Å². The SMILES string of the molecule is CCNCCc1ccccc1COc1cnn(C(C)C)c1. The van der Waals surface area contributed by atoms with E-state index in [-0.39, 0.29) is 0 Å². The molecule has 0 bridgehead atoms. The Morgan fingerprint density at radius 3 is 2.67 bits per heavy atom. The van der Waals surface area contributed by atoms with E-state index in [1.807, 2.05) is 10.9 Å². The zero-order valence-electron chi connectivity index (χ0n) is 13.2. The second-order valence-corrected chi connectivity index (χ2v) is 5.41. The van der Waals surface area contributed by atoms with Crippen molar-refractivity contribution in [2.24, 2.45) is 0 Å². The maximum Gasteiger partial charge on any atom is 0.157 e. The molecule has 2 aromatic rings. The van der Waals surface area contributed by atoms with Crippen molar-refractivity contribution < 1.29 is 4.74 Å². The molecular weight excluding hydrogens is 262 g/mol. The van der Waals surface area contributed by atoms with Crippen LogP contribution in [0.25, 0.3) is 0 Å². The summed E-state index contributed by atoms with van der Waals surface area (Å²) in [5.74, 6) is 0.824. The third-order valence-electron chi connectivity index (χ3n) is 3.44. The molecule has 4 nitrogen and oxygen atoms in total. The minimum absolute atomic E-state index is 0.356. The van der Waals surface area contributed by atoms with Gasteiger partial charge in [0, 0.05) is 6.04 Å². The normalized spacial score (nSPS) is 11.0. The first-order valence-corrected chi connectivity index (χ1v) is 7.65. The molecule has 0 aliphatic rings. The molecule has 0 spiro atoms. The Hall–Kier alpha value is -1.81. The van der Waals surface area contributed by atoms with Gasteiger partial charge in [-0.25, -0.2) is 0 Å². The highest BCUT2D eigenvalue weighted by atomic mass is 16.5. The van der Waals surface area contributed by atoms with Gasteiger partial charge in [0.1, 0.15) is 6.61 Å². The molecular formula is C17H25N3O. The lowest BCUT2D eigenvalue weighted by molar-refractivity contribution is 0.304. The fraction of sp³-hybridized carbons (Fsp3) is 0.471. The Morgan fingerprint density at radius 2 is 2.00 bits per heavy atom. The zero-order chi connectivity index (χ0) is 15.1. The summed E-state index contributed by atoms with van der Waals surface area (Å²) in [7, 11) is 0. The topological polar surface area (TPSA) is 39.1 Å². The van der Waals surface area contributed by atoms with Gasteiger partial charge in [-0.3, -0.25) is 4.68 Å². The Labute approximate surface area is 127 Å². The average molecular weight is 287 g/mol. The number of nitrogens with zero attached hydrogens (tertiary/aromatic N) is 2. The molecule has 4 heteroatoms. The van der Waals surface area contributed by atoms with Gasteiger partial charge in [0.05, 0.1) is 12.4 Å². The maximum absolute atomic E-state index is 5.87. The maximum atomic E-state index is 5.87. The number of hydrogen-bond donors (Lipinski definition) is 1. The molecule has 1 aromatic carbocycles.